The molecule has 1 fully saturated rings. The predicted molar refractivity (Wildman–Crippen MR) is 70.2 cm³/mol. The Kier molecular flexibility index (Phi) is 3.93. The van der Waals surface area contributed by atoms with E-state index in [1.165, 1.54) is 24.1 Å². The summed E-state index contributed by atoms with van der Waals surface area (Å²) >= 11 is 7.50. The third kappa shape index (κ3) is 2.99. The van der Waals surface area contributed by atoms with Crippen LogP contribution < -0.4 is 0 Å². The Morgan fingerprint density at radius 3 is 2.62 bits per heavy atom. The summed E-state index contributed by atoms with van der Waals surface area (Å²) in [6.45, 7) is 2.24. The van der Waals surface area contributed by atoms with Crippen molar-refractivity contribution in [2.45, 2.75) is 51.0 Å². The zero-order valence-corrected chi connectivity index (χ0v) is 11.3. The summed E-state index contributed by atoms with van der Waals surface area (Å²) < 4.78 is 0.820. The van der Waals surface area contributed by atoms with Gasteiger partial charge < -0.3 is 5.11 Å². The minimum Gasteiger partial charge on any atom is -0.390 e. The highest BCUT2D eigenvalue weighted by atomic mass is 35.5. The van der Waals surface area contributed by atoms with E-state index in [1.807, 2.05) is 12.1 Å². The molecule has 1 aliphatic carbocycles. The Morgan fingerprint density at radius 1 is 1.44 bits per heavy atom. The fourth-order valence-corrected chi connectivity index (χ4v) is 3.79. The summed E-state index contributed by atoms with van der Waals surface area (Å²) in [7, 11) is 0. The smallest absolute Gasteiger partial charge is 0.0931 e. The lowest BCUT2D eigenvalue weighted by Gasteiger charge is -2.35. The van der Waals surface area contributed by atoms with E-state index in [0.29, 0.717) is 0 Å². The number of thiophene rings is 1. The molecule has 1 nitrogen and oxygen atoms in total. The molecule has 1 aliphatic rings. The van der Waals surface area contributed by atoms with Crippen molar-refractivity contribution in [1.29, 1.82) is 0 Å². The van der Waals surface area contributed by atoms with Crippen molar-refractivity contribution >= 4 is 22.9 Å². The standard InChI is InChI=1S/C13H19ClOS/c1-2-10-5-7-13(15,8-6-10)9-11-3-4-12(14)16-11/h3-4,10,15H,2,5-9H2,1H3. The summed E-state index contributed by atoms with van der Waals surface area (Å²) in [6, 6.07) is 3.96. The SMILES string of the molecule is CCC1CCC(O)(Cc2ccc(Cl)s2)CC1. The van der Waals surface area contributed by atoms with Gasteiger partial charge in [-0.1, -0.05) is 24.9 Å². The molecule has 2 rings (SSSR count). The largest absolute Gasteiger partial charge is 0.390 e. The third-order valence-electron chi connectivity index (χ3n) is 3.75. The molecule has 0 aromatic carbocycles. The fourth-order valence-electron chi connectivity index (χ4n) is 2.57. The number of aliphatic hydroxyl groups is 1. The first-order valence-corrected chi connectivity index (χ1v) is 7.27. The summed E-state index contributed by atoms with van der Waals surface area (Å²) in [6.07, 6.45) is 6.27. The number of hydrogen-bond acceptors (Lipinski definition) is 2. The van der Waals surface area contributed by atoms with Crippen LogP contribution >= 0.6 is 22.9 Å². The number of rotatable bonds is 3. The zero-order chi connectivity index (χ0) is 11.6. The normalized spacial score (nSPS) is 30.6. The maximum absolute atomic E-state index is 10.5. The van der Waals surface area contributed by atoms with Gasteiger partial charge in [0.05, 0.1) is 9.94 Å². The Bertz CT molecular complexity index is 339. The maximum atomic E-state index is 10.5. The van der Waals surface area contributed by atoms with Gasteiger partial charge in [-0.2, -0.15) is 0 Å². The summed E-state index contributed by atoms with van der Waals surface area (Å²) in [5.74, 6) is 0.826. The molecule has 1 aromatic heterocycles. The van der Waals surface area contributed by atoms with Gasteiger partial charge >= 0.3 is 0 Å². The molecule has 1 aromatic rings. The molecule has 1 heterocycles. The van der Waals surface area contributed by atoms with E-state index in [0.717, 1.165) is 29.5 Å². The lowest BCUT2D eigenvalue weighted by Crippen LogP contribution is -2.35. The molecule has 0 atom stereocenters. The molecule has 0 bridgehead atoms. The van der Waals surface area contributed by atoms with Crippen LogP contribution in [-0.4, -0.2) is 10.7 Å². The van der Waals surface area contributed by atoms with E-state index >= 15 is 0 Å². The van der Waals surface area contributed by atoms with Crippen LogP contribution in [0.3, 0.4) is 0 Å². The minimum absolute atomic E-state index is 0.472. The van der Waals surface area contributed by atoms with Crippen LogP contribution in [-0.2, 0) is 6.42 Å². The van der Waals surface area contributed by atoms with Gasteiger partial charge in [-0.15, -0.1) is 11.3 Å². The quantitative estimate of drug-likeness (QED) is 0.858. The van der Waals surface area contributed by atoms with Gasteiger partial charge in [0.2, 0.25) is 0 Å². The lowest BCUT2D eigenvalue weighted by atomic mass is 9.76. The van der Waals surface area contributed by atoms with Crippen LogP contribution in [0, 0.1) is 5.92 Å². The summed E-state index contributed by atoms with van der Waals surface area (Å²) in [4.78, 5) is 1.21. The van der Waals surface area contributed by atoms with Crippen molar-refractivity contribution in [2.75, 3.05) is 0 Å². The molecule has 0 saturated heterocycles. The van der Waals surface area contributed by atoms with Crippen LogP contribution in [0.5, 0.6) is 0 Å². The molecule has 1 N–H and O–H groups in total. The van der Waals surface area contributed by atoms with Gasteiger partial charge in [-0.3, -0.25) is 0 Å². The van der Waals surface area contributed by atoms with E-state index in [1.54, 1.807) is 11.3 Å². The molecule has 0 aliphatic heterocycles. The van der Waals surface area contributed by atoms with Crippen LogP contribution in [0.2, 0.25) is 4.34 Å². The van der Waals surface area contributed by atoms with Crippen molar-refractivity contribution in [1.82, 2.24) is 0 Å². The Morgan fingerprint density at radius 2 is 2.12 bits per heavy atom. The van der Waals surface area contributed by atoms with Crippen molar-refractivity contribution < 1.29 is 5.11 Å². The molecule has 16 heavy (non-hydrogen) atoms. The molecule has 90 valence electrons. The molecule has 3 heteroatoms. The van der Waals surface area contributed by atoms with Crippen LogP contribution in [0.15, 0.2) is 12.1 Å². The van der Waals surface area contributed by atoms with E-state index in [9.17, 15) is 5.11 Å². The molecule has 0 amide bonds. The van der Waals surface area contributed by atoms with Crippen LogP contribution in [0.1, 0.15) is 43.9 Å². The average molecular weight is 259 g/mol. The number of hydrogen-bond donors (Lipinski definition) is 1. The highest BCUT2D eigenvalue weighted by Crippen LogP contribution is 2.37. The van der Waals surface area contributed by atoms with Gasteiger partial charge in [0.15, 0.2) is 0 Å². The zero-order valence-electron chi connectivity index (χ0n) is 9.71. The molecule has 0 spiro atoms. The van der Waals surface area contributed by atoms with E-state index in [4.69, 9.17) is 11.6 Å². The summed E-state index contributed by atoms with van der Waals surface area (Å²) in [5.41, 5.74) is -0.472. The summed E-state index contributed by atoms with van der Waals surface area (Å²) in [5, 5.41) is 10.5. The van der Waals surface area contributed by atoms with Crippen molar-refractivity contribution in [3.05, 3.63) is 21.3 Å². The van der Waals surface area contributed by atoms with Gasteiger partial charge in [-0.25, -0.2) is 0 Å². The maximum Gasteiger partial charge on any atom is 0.0931 e. The Balaban J connectivity index is 1.94. The van der Waals surface area contributed by atoms with Gasteiger partial charge in [-0.05, 0) is 43.7 Å². The number of halogens is 1. The lowest BCUT2D eigenvalue weighted by molar-refractivity contribution is -0.00857. The third-order valence-corrected chi connectivity index (χ3v) is 4.98. The van der Waals surface area contributed by atoms with E-state index in [2.05, 4.69) is 6.92 Å². The highest BCUT2D eigenvalue weighted by Gasteiger charge is 2.32. The van der Waals surface area contributed by atoms with Gasteiger partial charge in [0.25, 0.3) is 0 Å². The van der Waals surface area contributed by atoms with E-state index in [-0.39, 0.29) is 0 Å². The monoisotopic (exact) mass is 258 g/mol. The molecule has 1 saturated carbocycles. The van der Waals surface area contributed by atoms with Crippen molar-refractivity contribution in [2.24, 2.45) is 5.92 Å². The van der Waals surface area contributed by atoms with Gasteiger partial charge in [0.1, 0.15) is 0 Å². The second-order valence-corrected chi connectivity index (χ2v) is 6.76. The van der Waals surface area contributed by atoms with Crippen molar-refractivity contribution in [3.63, 3.8) is 0 Å². The highest BCUT2D eigenvalue weighted by molar-refractivity contribution is 7.16. The van der Waals surface area contributed by atoms with Crippen LogP contribution in [0.25, 0.3) is 0 Å². The average Bonchev–Trinajstić information content (AvgIpc) is 2.64. The first-order valence-electron chi connectivity index (χ1n) is 6.08. The molecular weight excluding hydrogens is 240 g/mol. The Labute approximate surface area is 106 Å². The predicted octanol–water partition coefficient (Wildman–Crippen LogP) is 4.28. The van der Waals surface area contributed by atoms with Crippen molar-refractivity contribution in [3.8, 4) is 0 Å². The van der Waals surface area contributed by atoms with Crippen LogP contribution in [0.4, 0.5) is 0 Å². The first-order chi connectivity index (χ1) is 7.61. The minimum atomic E-state index is -0.472. The fraction of sp³-hybridized carbons (Fsp3) is 0.692. The second-order valence-electron chi connectivity index (χ2n) is 4.96. The Hall–Kier alpha value is -0.0500. The topological polar surface area (TPSA) is 20.2 Å². The molecule has 0 unspecified atom stereocenters. The first kappa shape index (κ1) is 12.4. The van der Waals surface area contributed by atoms with E-state index < -0.39 is 5.60 Å². The molecule has 0 radical (unpaired) electrons. The van der Waals surface area contributed by atoms with Gasteiger partial charge in [0, 0.05) is 11.3 Å². The molecular formula is C13H19ClOS. The second kappa shape index (κ2) is 5.07.